The normalized spacial score (nSPS) is 13.8. The van der Waals surface area contributed by atoms with E-state index in [0.717, 1.165) is 5.82 Å². The number of benzene rings is 2. The molecular formula is C23H22Cl2N4O3. The lowest BCUT2D eigenvalue weighted by atomic mass is 10.1. The second-order valence-electron chi connectivity index (χ2n) is 7.51. The molecule has 4 rings (SSSR count). The first kappa shape index (κ1) is 22.2. The zero-order valence-electron chi connectivity index (χ0n) is 17.5. The van der Waals surface area contributed by atoms with Crippen LogP contribution in [0.3, 0.4) is 0 Å². The van der Waals surface area contributed by atoms with E-state index in [-0.39, 0.29) is 11.8 Å². The van der Waals surface area contributed by atoms with Crippen LogP contribution in [0.5, 0.6) is 5.75 Å². The third-order valence-electron chi connectivity index (χ3n) is 5.35. The third kappa shape index (κ3) is 5.06. The Labute approximate surface area is 196 Å². The van der Waals surface area contributed by atoms with Gasteiger partial charge in [0.2, 0.25) is 0 Å². The number of aryl methyl sites for hydroxylation is 1. The number of hydrogen-bond donors (Lipinski definition) is 0. The number of halogens is 2. The SMILES string of the molecule is Cn1ccnc1COc1ccc(C(=O)N2CCN(C(=O)c3cc(Cl)cc(Cl)c3)CC2)cc1. The van der Waals surface area contributed by atoms with Crippen molar-refractivity contribution in [3.8, 4) is 5.75 Å². The number of nitrogens with zero attached hydrogens (tertiary/aromatic N) is 4. The van der Waals surface area contributed by atoms with Gasteiger partial charge in [-0.3, -0.25) is 9.59 Å². The summed E-state index contributed by atoms with van der Waals surface area (Å²) < 4.78 is 7.63. The maximum absolute atomic E-state index is 12.9. The molecule has 2 aromatic carbocycles. The lowest BCUT2D eigenvalue weighted by Crippen LogP contribution is -2.50. The Balaban J connectivity index is 1.32. The van der Waals surface area contributed by atoms with Crippen molar-refractivity contribution in [3.63, 3.8) is 0 Å². The van der Waals surface area contributed by atoms with E-state index in [4.69, 9.17) is 27.9 Å². The van der Waals surface area contributed by atoms with Gasteiger partial charge in [0.1, 0.15) is 18.2 Å². The van der Waals surface area contributed by atoms with Crippen LogP contribution in [-0.2, 0) is 13.7 Å². The largest absolute Gasteiger partial charge is 0.486 e. The summed E-state index contributed by atoms with van der Waals surface area (Å²) in [6.07, 6.45) is 3.58. The first-order chi connectivity index (χ1) is 15.4. The second kappa shape index (κ2) is 9.63. The van der Waals surface area contributed by atoms with Crippen LogP contribution >= 0.6 is 23.2 Å². The monoisotopic (exact) mass is 472 g/mol. The van der Waals surface area contributed by atoms with Gasteiger partial charge in [-0.1, -0.05) is 23.2 Å². The topological polar surface area (TPSA) is 67.7 Å². The van der Waals surface area contributed by atoms with Crippen molar-refractivity contribution in [1.29, 1.82) is 0 Å². The molecule has 1 aromatic heterocycles. The van der Waals surface area contributed by atoms with E-state index in [1.807, 2.05) is 17.8 Å². The van der Waals surface area contributed by atoms with E-state index >= 15 is 0 Å². The van der Waals surface area contributed by atoms with Gasteiger partial charge in [-0.05, 0) is 42.5 Å². The van der Waals surface area contributed by atoms with Gasteiger partial charge in [0.05, 0.1) is 0 Å². The molecule has 0 aliphatic carbocycles. The zero-order valence-corrected chi connectivity index (χ0v) is 19.0. The molecule has 0 spiro atoms. The second-order valence-corrected chi connectivity index (χ2v) is 8.38. The number of rotatable bonds is 5. The van der Waals surface area contributed by atoms with Crippen molar-refractivity contribution < 1.29 is 14.3 Å². The number of carbonyl (C=O) groups excluding carboxylic acids is 2. The fourth-order valence-electron chi connectivity index (χ4n) is 3.53. The summed E-state index contributed by atoms with van der Waals surface area (Å²) in [5, 5.41) is 0.837. The number of aromatic nitrogens is 2. The fraction of sp³-hybridized carbons (Fsp3) is 0.261. The van der Waals surface area contributed by atoms with Crippen molar-refractivity contribution in [2.45, 2.75) is 6.61 Å². The van der Waals surface area contributed by atoms with Crippen molar-refractivity contribution in [2.75, 3.05) is 26.2 Å². The summed E-state index contributed by atoms with van der Waals surface area (Å²) in [6, 6.07) is 11.8. The van der Waals surface area contributed by atoms with Crippen molar-refractivity contribution in [2.24, 2.45) is 7.05 Å². The van der Waals surface area contributed by atoms with Crippen LogP contribution in [0.15, 0.2) is 54.9 Å². The molecule has 0 radical (unpaired) electrons. The van der Waals surface area contributed by atoms with Crippen LogP contribution in [-0.4, -0.2) is 57.3 Å². The van der Waals surface area contributed by atoms with Gasteiger partial charge in [-0.25, -0.2) is 4.98 Å². The molecule has 0 unspecified atom stereocenters. The summed E-state index contributed by atoms with van der Waals surface area (Å²) in [6.45, 7) is 2.15. The molecule has 3 aromatic rings. The van der Waals surface area contributed by atoms with Crippen LogP contribution in [0, 0.1) is 0 Å². The van der Waals surface area contributed by atoms with Gasteiger partial charge in [0, 0.05) is 66.8 Å². The molecule has 166 valence electrons. The first-order valence-electron chi connectivity index (χ1n) is 10.1. The van der Waals surface area contributed by atoms with E-state index < -0.39 is 0 Å². The van der Waals surface area contributed by atoms with Gasteiger partial charge in [0.15, 0.2) is 0 Å². The van der Waals surface area contributed by atoms with Crippen LogP contribution in [0.1, 0.15) is 26.5 Å². The predicted molar refractivity (Wildman–Crippen MR) is 122 cm³/mol. The highest BCUT2D eigenvalue weighted by atomic mass is 35.5. The highest BCUT2D eigenvalue weighted by Gasteiger charge is 2.26. The van der Waals surface area contributed by atoms with Crippen LogP contribution in [0.2, 0.25) is 10.0 Å². The number of carbonyl (C=O) groups is 2. The predicted octanol–water partition coefficient (Wildman–Crippen LogP) is 3.90. The minimum atomic E-state index is -0.143. The third-order valence-corrected chi connectivity index (χ3v) is 5.79. The van der Waals surface area contributed by atoms with Crippen LogP contribution in [0.25, 0.3) is 0 Å². The molecule has 0 N–H and O–H groups in total. The molecule has 0 atom stereocenters. The van der Waals surface area contributed by atoms with Gasteiger partial charge < -0.3 is 19.1 Å². The summed E-state index contributed by atoms with van der Waals surface area (Å²) in [7, 11) is 1.91. The quantitative estimate of drug-likeness (QED) is 0.564. The van der Waals surface area contributed by atoms with E-state index in [1.165, 1.54) is 0 Å². The average Bonchev–Trinajstić information content (AvgIpc) is 3.21. The Morgan fingerprint density at radius 2 is 1.47 bits per heavy atom. The molecule has 7 nitrogen and oxygen atoms in total. The molecule has 1 aliphatic heterocycles. The molecule has 9 heteroatoms. The van der Waals surface area contributed by atoms with E-state index in [0.29, 0.717) is 59.7 Å². The number of ether oxygens (including phenoxy) is 1. The fourth-order valence-corrected chi connectivity index (χ4v) is 4.06. The number of imidazole rings is 1. The Morgan fingerprint density at radius 3 is 2.00 bits per heavy atom. The zero-order chi connectivity index (χ0) is 22.7. The van der Waals surface area contributed by atoms with E-state index in [2.05, 4.69) is 4.98 Å². The molecule has 0 saturated carbocycles. The Kier molecular flexibility index (Phi) is 6.67. The number of amides is 2. The van der Waals surface area contributed by atoms with Gasteiger partial charge in [-0.15, -0.1) is 0 Å². The maximum Gasteiger partial charge on any atom is 0.254 e. The summed E-state index contributed by atoms with van der Waals surface area (Å²) in [5.74, 6) is 1.27. The highest BCUT2D eigenvalue weighted by molar-refractivity contribution is 6.35. The van der Waals surface area contributed by atoms with Crippen molar-refractivity contribution in [3.05, 3.63) is 81.9 Å². The minimum Gasteiger partial charge on any atom is -0.486 e. The number of piperazine rings is 1. The van der Waals surface area contributed by atoms with Gasteiger partial charge in [0.25, 0.3) is 11.8 Å². The van der Waals surface area contributed by atoms with Crippen LogP contribution in [0.4, 0.5) is 0 Å². The molecule has 2 amide bonds. The van der Waals surface area contributed by atoms with Crippen molar-refractivity contribution >= 4 is 35.0 Å². The molecular weight excluding hydrogens is 451 g/mol. The lowest BCUT2D eigenvalue weighted by molar-refractivity contribution is 0.0535. The molecule has 1 saturated heterocycles. The Bertz CT molecular complexity index is 1100. The minimum absolute atomic E-state index is 0.0708. The summed E-state index contributed by atoms with van der Waals surface area (Å²) in [5.41, 5.74) is 1.03. The molecule has 32 heavy (non-hydrogen) atoms. The average molecular weight is 473 g/mol. The van der Waals surface area contributed by atoms with Crippen molar-refractivity contribution in [1.82, 2.24) is 19.4 Å². The van der Waals surface area contributed by atoms with E-state index in [9.17, 15) is 9.59 Å². The van der Waals surface area contributed by atoms with Gasteiger partial charge in [-0.2, -0.15) is 0 Å². The molecule has 1 aliphatic rings. The molecule has 1 fully saturated rings. The summed E-state index contributed by atoms with van der Waals surface area (Å²) in [4.78, 5) is 33.3. The smallest absolute Gasteiger partial charge is 0.254 e. The van der Waals surface area contributed by atoms with Gasteiger partial charge >= 0.3 is 0 Å². The highest BCUT2D eigenvalue weighted by Crippen LogP contribution is 2.21. The van der Waals surface area contributed by atoms with Crippen LogP contribution < -0.4 is 4.74 Å². The van der Waals surface area contributed by atoms with E-state index in [1.54, 1.807) is 58.5 Å². The standard InChI is InChI=1S/C23H22Cl2N4O3/c1-27-7-6-26-21(27)15-32-20-4-2-16(3-5-20)22(30)28-8-10-29(11-9-28)23(31)17-12-18(24)14-19(25)13-17/h2-7,12-14H,8-11,15H2,1H3. The summed E-state index contributed by atoms with van der Waals surface area (Å²) >= 11 is 12.0. The molecule has 2 heterocycles. The first-order valence-corrected chi connectivity index (χ1v) is 10.9. The maximum atomic E-state index is 12.9. The Hall–Kier alpha value is -3.03. The Morgan fingerprint density at radius 1 is 0.906 bits per heavy atom. The molecule has 0 bridgehead atoms. The lowest BCUT2D eigenvalue weighted by Gasteiger charge is -2.35. The number of hydrogen-bond acceptors (Lipinski definition) is 4.